The predicted molar refractivity (Wildman–Crippen MR) is 111 cm³/mol. The second kappa shape index (κ2) is 7.68. The summed E-state index contributed by atoms with van der Waals surface area (Å²) < 4.78 is 5.24. The van der Waals surface area contributed by atoms with Gasteiger partial charge in [0.15, 0.2) is 0 Å². The molecular formula is C22H20N2O2S. The fourth-order valence-corrected chi connectivity index (χ4v) is 3.87. The third-order valence-electron chi connectivity index (χ3n) is 4.60. The summed E-state index contributed by atoms with van der Waals surface area (Å²) in [4.78, 5) is 19.5. The smallest absolute Gasteiger partial charge is 0.231 e. The highest BCUT2D eigenvalue weighted by Gasteiger charge is 2.19. The molecule has 0 aliphatic heterocycles. The molecule has 4 rings (SSSR count). The molecule has 0 saturated heterocycles. The van der Waals surface area contributed by atoms with Crippen molar-refractivity contribution in [1.82, 2.24) is 4.98 Å². The van der Waals surface area contributed by atoms with Gasteiger partial charge in [-0.15, -0.1) is 11.3 Å². The minimum Gasteiger partial charge on any atom is -0.497 e. The molecule has 0 aliphatic carbocycles. The van der Waals surface area contributed by atoms with E-state index in [4.69, 9.17) is 4.74 Å². The molecule has 1 amide bonds. The monoisotopic (exact) mass is 376 g/mol. The molecule has 0 unspecified atom stereocenters. The molecule has 2 aromatic heterocycles. The van der Waals surface area contributed by atoms with Gasteiger partial charge >= 0.3 is 0 Å². The number of para-hydroxylation sites is 1. The van der Waals surface area contributed by atoms with Gasteiger partial charge in [0.2, 0.25) is 5.91 Å². The third kappa shape index (κ3) is 3.73. The van der Waals surface area contributed by atoms with Crippen LogP contribution in [0.1, 0.15) is 10.4 Å². The van der Waals surface area contributed by atoms with E-state index in [0.717, 1.165) is 32.8 Å². The van der Waals surface area contributed by atoms with Crippen LogP contribution in [0.15, 0.2) is 72.2 Å². The maximum absolute atomic E-state index is 13.2. The molecular weight excluding hydrogens is 356 g/mol. The van der Waals surface area contributed by atoms with Crippen LogP contribution in [0.2, 0.25) is 0 Å². The van der Waals surface area contributed by atoms with Crippen LogP contribution < -0.4 is 9.64 Å². The molecule has 0 fully saturated rings. The number of hydrogen-bond acceptors (Lipinski definition) is 3. The van der Waals surface area contributed by atoms with Crippen molar-refractivity contribution in [2.75, 3.05) is 12.0 Å². The fourth-order valence-electron chi connectivity index (χ4n) is 3.18. The molecule has 2 heterocycles. The van der Waals surface area contributed by atoms with Crippen LogP contribution in [0.4, 0.5) is 5.69 Å². The van der Waals surface area contributed by atoms with Gasteiger partial charge in [0, 0.05) is 27.7 Å². The lowest BCUT2D eigenvalue weighted by atomic mass is 10.1. The number of rotatable bonds is 6. The summed E-state index contributed by atoms with van der Waals surface area (Å²) >= 11 is 1.66. The number of carbonyl (C=O) groups is 1. The van der Waals surface area contributed by atoms with E-state index in [-0.39, 0.29) is 5.91 Å². The summed E-state index contributed by atoms with van der Waals surface area (Å²) in [5, 5.41) is 3.13. The van der Waals surface area contributed by atoms with Gasteiger partial charge in [-0.1, -0.05) is 24.3 Å². The summed E-state index contributed by atoms with van der Waals surface area (Å²) in [6, 6.07) is 19.8. The average Bonchev–Trinajstić information content (AvgIpc) is 3.36. The first-order chi connectivity index (χ1) is 13.2. The minimum atomic E-state index is 0.0679. The Kier molecular flexibility index (Phi) is 4.94. The zero-order valence-electron chi connectivity index (χ0n) is 15.0. The molecule has 4 aromatic rings. The summed E-state index contributed by atoms with van der Waals surface area (Å²) in [5.41, 5.74) is 2.93. The highest BCUT2D eigenvalue weighted by Crippen LogP contribution is 2.25. The Morgan fingerprint density at radius 3 is 2.63 bits per heavy atom. The SMILES string of the molecule is COc1ccc(N(Cc2cccs2)C(=O)Cc2c[nH]c3ccccc23)cc1. The number of benzene rings is 2. The number of aromatic amines is 1. The average molecular weight is 376 g/mol. The van der Waals surface area contributed by atoms with Crippen molar-refractivity contribution >= 4 is 33.8 Å². The Balaban J connectivity index is 1.63. The lowest BCUT2D eigenvalue weighted by molar-refractivity contribution is -0.118. The first kappa shape index (κ1) is 17.4. The zero-order valence-corrected chi connectivity index (χ0v) is 15.8. The highest BCUT2D eigenvalue weighted by molar-refractivity contribution is 7.09. The normalized spacial score (nSPS) is 10.9. The third-order valence-corrected chi connectivity index (χ3v) is 5.46. The van der Waals surface area contributed by atoms with Crippen molar-refractivity contribution in [3.63, 3.8) is 0 Å². The summed E-state index contributed by atoms with van der Waals surface area (Å²) in [5.74, 6) is 0.845. The van der Waals surface area contributed by atoms with E-state index in [9.17, 15) is 4.79 Å². The number of carbonyl (C=O) groups excluding carboxylic acids is 1. The van der Waals surface area contributed by atoms with Crippen LogP contribution in [-0.4, -0.2) is 18.0 Å². The van der Waals surface area contributed by atoms with Gasteiger partial charge in [0.1, 0.15) is 5.75 Å². The molecule has 0 aliphatic rings. The van der Waals surface area contributed by atoms with Crippen molar-refractivity contribution < 1.29 is 9.53 Å². The van der Waals surface area contributed by atoms with Gasteiger partial charge < -0.3 is 14.6 Å². The van der Waals surface area contributed by atoms with Gasteiger partial charge in [-0.3, -0.25) is 4.79 Å². The van der Waals surface area contributed by atoms with Crippen molar-refractivity contribution in [2.45, 2.75) is 13.0 Å². The molecule has 0 radical (unpaired) electrons. The van der Waals surface area contributed by atoms with Crippen molar-refractivity contribution in [3.05, 3.63) is 82.7 Å². The Morgan fingerprint density at radius 1 is 1.07 bits per heavy atom. The number of fused-ring (bicyclic) bond motifs is 1. The Bertz CT molecular complexity index is 1040. The van der Waals surface area contributed by atoms with Crippen LogP contribution in [0.25, 0.3) is 10.9 Å². The molecule has 0 bridgehead atoms. The number of amides is 1. The number of aromatic nitrogens is 1. The van der Waals surface area contributed by atoms with Gasteiger partial charge in [0.25, 0.3) is 0 Å². The Morgan fingerprint density at radius 2 is 1.89 bits per heavy atom. The molecule has 2 aromatic carbocycles. The highest BCUT2D eigenvalue weighted by atomic mass is 32.1. The molecule has 0 spiro atoms. The second-order valence-electron chi connectivity index (χ2n) is 6.29. The second-order valence-corrected chi connectivity index (χ2v) is 7.33. The van der Waals surface area contributed by atoms with E-state index in [0.29, 0.717) is 13.0 Å². The first-order valence-electron chi connectivity index (χ1n) is 8.76. The van der Waals surface area contributed by atoms with Crippen LogP contribution in [-0.2, 0) is 17.8 Å². The van der Waals surface area contributed by atoms with Gasteiger partial charge in [-0.2, -0.15) is 0 Å². The summed E-state index contributed by atoms with van der Waals surface area (Å²) in [6.45, 7) is 0.561. The van der Waals surface area contributed by atoms with Gasteiger partial charge in [-0.25, -0.2) is 0 Å². The van der Waals surface area contributed by atoms with Crippen molar-refractivity contribution in [1.29, 1.82) is 0 Å². The van der Waals surface area contributed by atoms with Crippen LogP contribution in [0, 0.1) is 0 Å². The first-order valence-corrected chi connectivity index (χ1v) is 9.64. The number of anilines is 1. The fraction of sp³-hybridized carbons (Fsp3) is 0.136. The number of nitrogens with one attached hydrogen (secondary N) is 1. The standard InChI is InChI=1S/C22H20N2O2S/c1-26-18-10-8-17(9-11-18)24(15-19-5-4-12-27-19)22(25)13-16-14-23-21-7-3-2-6-20(16)21/h2-12,14,23H,13,15H2,1H3. The lowest BCUT2D eigenvalue weighted by Crippen LogP contribution is -2.31. The van der Waals surface area contributed by atoms with E-state index < -0.39 is 0 Å². The summed E-state index contributed by atoms with van der Waals surface area (Å²) in [6.07, 6.45) is 2.28. The lowest BCUT2D eigenvalue weighted by Gasteiger charge is -2.22. The minimum absolute atomic E-state index is 0.0679. The number of thiophene rings is 1. The van der Waals surface area contributed by atoms with E-state index in [2.05, 4.69) is 11.1 Å². The van der Waals surface area contributed by atoms with Crippen molar-refractivity contribution in [2.24, 2.45) is 0 Å². The van der Waals surface area contributed by atoms with E-state index >= 15 is 0 Å². The molecule has 5 heteroatoms. The number of methoxy groups -OCH3 is 1. The topological polar surface area (TPSA) is 45.3 Å². The molecule has 0 atom stereocenters. The quantitative estimate of drug-likeness (QED) is 0.514. The molecule has 4 nitrogen and oxygen atoms in total. The Hall–Kier alpha value is -3.05. The Labute approximate surface area is 162 Å². The zero-order chi connectivity index (χ0) is 18.6. The number of hydrogen-bond donors (Lipinski definition) is 1. The van der Waals surface area contributed by atoms with Gasteiger partial charge in [0.05, 0.1) is 20.1 Å². The predicted octanol–water partition coefficient (Wildman–Crippen LogP) is 5.01. The number of H-pyrrole nitrogens is 1. The number of nitrogens with zero attached hydrogens (tertiary/aromatic N) is 1. The van der Waals surface area contributed by atoms with Gasteiger partial charge in [-0.05, 0) is 47.3 Å². The van der Waals surface area contributed by atoms with E-state index in [1.165, 1.54) is 0 Å². The molecule has 0 saturated carbocycles. The van der Waals surface area contributed by atoms with Crippen molar-refractivity contribution in [3.8, 4) is 5.75 Å². The number of ether oxygens (including phenoxy) is 1. The largest absolute Gasteiger partial charge is 0.497 e. The summed E-state index contributed by atoms with van der Waals surface area (Å²) in [7, 11) is 1.64. The molecule has 27 heavy (non-hydrogen) atoms. The van der Waals surface area contributed by atoms with Crippen LogP contribution in [0.3, 0.4) is 0 Å². The molecule has 136 valence electrons. The molecule has 1 N–H and O–H groups in total. The van der Waals surface area contributed by atoms with Crippen LogP contribution >= 0.6 is 11.3 Å². The maximum atomic E-state index is 13.2. The van der Waals surface area contributed by atoms with Crippen LogP contribution in [0.5, 0.6) is 5.75 Å². The van der Waals surface area contributed by atoms with E-state index in [1.807, 2.05) is 71.1 Å². The maximum Gasteiger partial charge on any atom is 0.231 e. The van der Waals surface area contributed by atoms with E-state index in [1.54, 1.807) is 18.4 Å².